The van der Waals surface area contributed by atoms with Crippen molar-refractivity contribution in [3.8, 4) is 0 Å². The molecule has 158 valence electrons. The number of carbonyl (C=O) groups excluding carboxylic acids is 3. The minimum absolute atomic E-state index is 0.0533. The van der Waals surface area contributed by atoms with Crippen molar-refractivity contribution >= 4 is 17.7 Å². The van der Waals surface area contributed by atoms with Gasteiger partial charge in [0.2, 0.25) is 0 Å². The Hall–Kier alpha value is -2.96. The molecular weight excluding hydrogens is 387 g/mol. The molecule has 1 aromatic rings. The predicted octanol–water partition coefficient (Wildman–Crippen LogP) is 2.82. The van der Waals surface area contributed by atoms with E-state index < -0.39 is 17.7 Å². The Labute approximate surface area is 174 Å². The molecule has 7 heteroatoms. The number of esters is 1. The molecule has 4 rings (SSSR count). The smallest absolute Gasteiger partial charge is 0.337 e. The number of halogens is 1. The van der Waals surface area contributed by atoms with Gasteiger partial charge in [-0.05, 0) is 36.5 Å². The summed E-state index contributed by atoms with van der Waals surface area (Å²) in [7, 11) is 0. The van der Waals surface area contributed by atoms with E-state index in [1.54, 1.807) is 19.1 Å². The molecule has 1 amide bonds. The maximum atomic E-state index is 13.6. The minimum Gasteiger partial charge on any atom is -0.463 e. The van der Waals surface area contributed by atoms with Crippen LogP contribution in [0, 0.1) is 11.2 Å². The number of nitrogens with zero attached hydrogens (tertiary/aromatic N) is 1. The number of amides is 1. The summed E-state index contributed by atoms with van der Waals surface area (Å²) in [4.78, 5) is 41.1. The largest absolute Gasteiger partial charge is 0.463 e. The number of ether oxygens (including phenoxy) is 1. The molecule has 1 fully saturated rings. The van der Waals surface area contributed by atoms with Crippen molar-refractivity contribution in [3.63, 3.8) is 0 Å². The minimum atomic E-state index is -0.765. The number of ketones is 1. The molecule has 30 heavy (non-hydrogen) atoms. The van der Waals surface area contributed by atoms with E-state index in [4.69, 9.17) is 4.74 Å². The molecule has 0 bridgehead atoms. The van der Waals surface area contributed by atoms with Crippen molar-refractivity contribution in [2.45, 2.75) is 39.5 Å². The highest BCUT2D eigenvalue weighted by atomic mass is 19.1. The van der Waals surface area contributed by atoms with Crippen molar-refractivity contribution in [2.24, 2.45) is 5.41 Å². The van der Waals surface area contributed by atoms with Crippen LogP contribution in [-0.2, 0) is 19.1 Å². The standard InChI is InChI=1S/C23H25FN2O4/c1-4-30-22(29)19-17(13-5-7-14(24)8-6-13)18-15(11-23(2,3)12-16(18)27)26-10-9-25-21(28)20(19)26/h5-8,17H,4,9-12H2,1-3H3,(H,25,28)/t17-/m0/s1. The number of allylic oxidation sites excluding steroid dienone is 2. The first-order chi connectivity index (χ1) is 14.2. The highest BCUT2D eigenvalue weighted by Crippen LogP contribution is 2.50. The lowest BCUT2D eigenvalue weighted by atomic mass is 9.68. The zero-order valence-corrected chi connectivity index (χ0v) is 17.4. The molecule has 1 N–H and O–H groups in total. The Morgan fingerprint density at radius 1 is 1.23 bits per heavy atom. The number of hydrogen-bond donors (Lipinski definition) is 1. The number of hydrogen-bond acceptors (Lipinski definition) is 5. The SMILES string of the molecule is CCOC(=O)C1=C2C(=O)NCCN2C2=C(C(=O)CC(C)(C)C2)[C@@H]1c1ccc(F)cc1. The summed E-state index contributed by atoms with van der Waals surface area (Å²) < 4.78 is 18.9. The first kappa shape index (κ1) is 20.3. The van der Waals surface area contributed by atoms with Crippen LogP contribution in [0.2, 0.25) is 0 Å². The summed E-state index contributed by atoms with van der Waals surface area (Å²) in [5.41, 5.74) is 2.01. The molecule has 0 spiro atoms. The van der Waals surface area contributed by atoms with E-state index in [2.05, 4.69) is 5.32 Å². The van der Waals surface area contributed by atoms with Gasteiger partial charge in [-0.25, -0.2) is 9.18 Å². The summed E-state index contributed by atoms with van der Waals surface area (Å²) in [5.74, 6) is -2.23. The van der Waals surface area contributed by atoms with Gasteiger partial charge in [-0.2, -0.15) is 0 Å². The fourth-order valence-electron chi connectivity index (χ4n) is 4.70. The number of rotatable bonds is 3. The van der Waals surface area contributed by atoms with Crippen LogP contribution >= 0.6 is 0 Å². The van der Waals surface area contributed by atoms with Crippen molar-refractivity contribution in [1.29, 1.82) is 0 Å². The van der Waals surface area contributed by atoms with Crippen LogP contribution in [0.3, 0.4) is 0 Å². The number of Topliss-reactive ketones (excluding diaryl/α,β-unsaturated/α-hetero) is 1. The Bertz CT molecular complexity index is 991. The van der Waals surface area contributed by atoms with Crippen LogP contribution in [0.25, 0.3) is 0 Å². The third kappa shape index (κ3) is 3.32. The number of nitrogens with one attached hydrogen (secondary N) is 1. The zero-order valence-electron chi connectivity index (χ0n) is 17.4. The van der Waals surface area contributed by atoms with Gasteiger partial charge in [0, 0.05) is 36.7 Å². The number of fused-ring (bicyclic) bond motifs is 2. The fraction of sp³-hybridized carbons (Fsp3) is 0.435. The maximum absolute atomic E-state index is 13.6. The molecule has 1 atom stereocenters. The summed E-state index contributed by atoms with van der Waals surface area (Å²) in [6.07, 6.45) is 0.952. The van der Waals surface area contributed by atoms with E-state index in [1.807, 2.05) is 18.7 Å². The highest BCUT2D eigenvalue weighted by Gasteiger charge is 2.48. The summed E-state index contributed by atoms with van der Waals surface area (Å²) in [6, 6.07) is 5.72. The van der Waals surface area contributed by atoms with Crippen molar-refractivity contribution < 1.29 is 23.5 Å². The second-order valence-corrected chi connectivity index (χ2v) is 8.68. The summed E-state index contributed by atoms with van der Waals surface area (Å²) in [5, 5.41) is 2.80. The molecule has 0 radical (unpaired) electrons. The van der Waals surface area contributed by atoms with Crippen LogP contribution in [0.4, 0.5) is 4.39 Å². The van der Waals surface area contributed by atoms with E-state index in [1.165, 1.54) is 12.1 Å². The van der Waals surface area contributed by atoms with Crippen molar-refractivity contribution in [2.75, 3.05) is 19.7 Å². The van der Waals surface area contributed by atoms with Gasteiger partial charge < -0.3 is 15.0 Å². The van der Waals surface area contributed by atoms with E-state index in [0.717, 1.165) is 5.70 Å². The third-order valence-electron chi connectivity index (χ3n) is 5.86. The van der Waals surface area contributed by atoms with Gasteiger partial charge >= 0.3 is 5.97 Å². The van der Waals surface area contributed by atoms with E-state index in [9.17, 15) is 18.8 Å². The molecule has 2 heterocycles. The van der Waals surface area contributed by atoms with Crippen LogP contribution in [0.5, 0.6) is 0 Å². The van der Waals surface area contributed by atoms with E-state index >= 15 is 0 Å². The average Bonchev–Trinajstić information content (AvgIpc) is 2.67. The summed E-state index contributed by atoms with van der Waals surface area (Å²) >= 11 is 0. The van der Waals surface area contributed by atoms with Gasteiger partial charge in [0.15, 0.2) is 5.78 Å². The van der Waals surface area contributed by atoms with Crippen LogP contribution in [0.15, 0.2) is 46.8 Å². The van der Waals surface area contributed by atoms with Gasteiger partial charge in [0.25, 0.3) is 5.91 Å². The molecule has 0 saturated carbocycles. The van der Waals surface area contributed by atoms with Gasteiger partial charge in [-0.1, -0.05) is 26.0 Å². The molecule has 1 aromatic carbocycles. The van der Waals surface area contributed by atoms with Crippen LogP contribution < -0.4 is 5.32 Å². The maximum Gasteiger partial charge on any atom is 0.337 e. The van der Waals surface area contributed by atoms with Gasteiger partial charge in [0.1, 0.15) is 11.5 Å². The van der Waals surface area contributed by atoms with Gasteiger partial charge in [-0.3, -0.25) is 9.59 Å². The normalized spacial score (nSPS) is 23.1. The molecule has 1 aliphatic carbocycles. The number of piperazine rings is 1. The monoisotopic (exact) mass is 412 g/mol. The predicted molar refractivity (Wildman–Crippen MR) is 108 cm³/mol. The zero-order chi connectivity index (χ0) is 21.6. The lowest BCUT2D eigenvalue weighted by Crippen LogP contribution is -2.51. The molecule has 3 aliphatic rings. The second kappa shape index (κ2) is 7.38. The molecule has 2 aliphatic heterocycles. The van der Waals surface area contributed by atoms with Crippen molar-refractivity contribution in [3.05, 3.63) is 58.2 Å². The second-order valence-electron chi connectivity index (χ2n) is 8.68. The molecule has 1 saturated heterocycles. The summed E-state index contributed by atoms with van der Waals surface area (Å²) in [6.45, 7) is 6.77. The lowest BCUT2D eigenvalue weighted by molar-refractivity contribution is -0.139. The highest BCUT2D eigenvalue weighted by molar-refractivity contribution is 6.09. The Morgan fingerprint density at radius 2 is 1.93 bits per heavy atom. The van der Waals surface area contributed by atoms with E-state index in [-0.39, 0.29) is 35.0 Å². The Kier molecular flexibility index (Phi) is 5.00. The average molecular weight is 412 g/mol. The molecule has 0 unspecified atom stereocenters. The van der Waals surface area contributed by atoms with Crippen molar-refractivity contribution in [1.82, 2.24) is 10.2 Å². The van der Waals surface area contributed by atoms with E-state index in [0.29, 0.717) is 37.1 Å². The number of carbonyl (C=O) groups is 3. The first-order valence-electron chi connectivity index (χ1n) is 10.2. The Morgan fingerprint density at radius 3 is 2.60 bits per heavy atom. The molecular formula is C23H25FN2O4. The Balaban J connectivity index is 2.00. The van der Waals surface area contributed by atoms with Crippen LogP contribution in [0.1, 0.15) is 45.1 Å². The fourth-order valence-corrected chi connectivity index (χ4v) is 4.70. The third-order valence-corrected chi connectivity index (χ3v) is 5.86. The van der Waals surface area contributed by atoms with Gasteiger partial charge in [-0.15, -0.1) is 0 Å². The first-order valence-corrected chi connectivity index (χ1v) is 10.2. The van der Waals surface area contributed by atoms with Crippen LogP contribution in [-0.4, -0.2) is 42.3 Å². The molecule has 6 nitrogen and oxygen atoms in total. The quantitative estimate of drug-likeness (QED) is 0.773. The lowest BCUT2D eigenvalue weighted by Gasteiger charge is -2.46. The number of benzene rings is 1. The molecule has 0 aromatic heterocycles. The topological polar surface area (TPSA) is 75.7 Å². The van der Waals surface area contributed by atoms with Gasteiger partial charge in [0.05, 0.1) is 12.2 Å².